The summed E-state index contributed by atoms with van der Waals surface area (Å²) in [5.74, 6) is -0.511. The molecule has 0 spiro atoms. The molecule has 0 unspecified atom stereocenters. The number of carbonyl (C=O) groups excluding carboxylic acids is 1. The second-order valence-electron chi connectivity index (χ2n) is 4.92. The number of hydrogen-bond donors (Lipinski definition) is 1. The van der Waals surface area contributed by atoms with Crippen LogP contribution in [0.15, 0.2) is 24.8 Å². The second kappa shape index (κ2) is 5.38. The number of allylic oxidation sites excluding steroid dienone is 1. The average molecular weight is 322 g/mol. The number of fused-ring (bicyclic) bond motifs is 1. The average Bonchev–Trinajstić information content (AvgIpc) is 3.05. The molecule has 9 heteroatoms. The van der Waals surface area contributed by atoms with Gasteiger partial charge in [-0.3, -0.25) is 4.79 Å². The van der Waals surface area contributed by atoms with Crippen molar-refractivity contribution in [2.24, 2.45) is 0 Å². The van der Waals surface area contributed by atoms with Gasteiger partial charge in [0.05, 0.1) is 18.4 Å². The van der Waals surface area contributed by atoms with Crippen molar-refractivity contribution in [3.8, 4) is 0 Å². The van der Waals surface area contributed by atoms with Gasteiger partial charge < -0.3 is 9.67 Å². The Kier molecular flexibility index (Phi) is 3.53. The first-order valence-electron chi connectivity index (χ1n) is 6.53. The van der Waals surface area contributed by atoms with E-state index >= 15 is 0 Å². The van der Waals surface area contributed by atoms with Crippen LogP contribution in [0.4, 0.5) is 4.79 Å². The third kappa shape index (κ3) is 2.31. The Balaban J connectivity index is 1.89. The molecule has 0 aromatic carbocycles. The molecule has 2 aromatic rings. The number of rotatable bonds is 2. The Morgan fingerprint density at radius 2 is 2.14 bits per heavy atom. The number of nitrogens with zero attached hydrogens (tertiary/aromatic N) is 5. The summed E-state index contributed by atoms with van der Waals surface area (Å²) in [5.41, 5.74) is 1.06. The van der Waals surface area contributed by atoms with Crippen LogP contribution in [0.1, 0.15) is 19.4 Å². The lowest BCUT2D eigenvalue weighted by molar-refractivity contribution is -0.128. The van der Waals surface area contributed by atoms with Gasteiger partial charge in [-0.15, -0.1) is 0 Å². The number of imidazole rings is 1. The summed E-state index contributed by atoms with van der Waals surface area (Å²) in [6, 6.07) is -0.656. The van der Waals surface area contributed by atoms with Crippen molar-refractivity contribution in [1.29, 1.82) is 0 Å². The highest BCUT2D eigenvalue weighted by Crippen LogP contribution is 2.30. The molecule has 3 rings (SSSR count). The molecule has 0 saturated carbocycles. The van der Waals surface area contributed by atoms with Crippen LogP contribution in [-0.4, -0.2) is 47.6 Å². The van der Waals surface area contributed by atoms with Crippen LogP contribution in [0, 0.1) is 0 Å². The maximum absolute atomic E-state index is 11.5. The van der Waals surface area contributed by atoms with Crippen LogP contribution in [0.5, 0.6) is 0 Å². The van der Waals surface area contributed by atoms with Gasteiger partial charge in [0.2, 0.25) is 5.91 Å². The van der Waals surface area contributed by atoms with Crippen LogP contribution >= 0.6 is 11.6 Å². The molecule has 0 bridgehead atoms. The summed E-state index contributed by atoms with van der Waals surface area (Å²) < 4.78 is 1.79. The first-order chi connectivity index (χ1) is 10.5. The van der Waals surface area contributed by atoms with Crippen molar-refractivity contribution in [2.45, 2.75) is 25.4 Å². The van der Waals surface area contributed by atoms with Crippen molar-refractivity contribution in [1.82, 2.24) is 24.4 Å². The van der Waals surface area contributed by atoms with Gasteiger partial charge in [0.15, 0.2) is 10.8 Å². The molecule has 0 radical (unpaired) electrons. The molecular weight excluding hydrogens is 310 g/mol. The highest BCUT2D eigenvalue weighted by Gasteiger charge is 2.32. The van der Waals surface area contributed by atoms with Gasteiger partial charge in [0, 0.05) is 6.92 Å². The standard InChI is InChI=1S/C13H12ClN5O3/c1-7(20)19(13(21)22)9-3-2-8(4-9)18-6-17-10-11(14)15-5-16-12(10)18/h2-3,5-6,8-9H,4H2,1H3,(H,21,22)/t8-,9+/m0/s1. The van der Waals surface area contributed by atoms with E-state index in [1.54, 1.807) is 17.0 Å². The number of carbonyl (C=O) groups is 2. The first kappa shape index (κ1) is 14.5. The largest absolute Gasteiger partial charge is 0.465 e. The van der Waals surface area contributed by atoms with Gasteiger partial charge in [-0.05, 0) is 6.42 Å². The van der Waals surface area contributed by atoms with Crippen LogP contribution in [0.2, 0.25) is 5.15 Å². The normalized spacial score (nSPS) is 20.5. The van der Waals surface area contributed by atoms with Gasteiger partial charge in [0.25, 0.3) is 0 Å². The van der Waals surface area contributed by atoms with Crippen molar-refractivity contribution < 1.29 is 14.7 Å². The molecule has 1 aliphatic carbocycles. The predicted molar refractivity (Wildman–Crippen MR) is 77.5 cm³/mol. The van der Waals surface area contributed by atoms with Crippen LogP contribution in [-0.2, 0) is 4.79 Å². The molecule has 0 saturated heterocycles. The number of hydrogen-bond acceptors (Lipinski definition) is 5. The van der Waals surface area contributed by atoms with Gasteiger partial charge in [-0.2, -0.15) is 0 Å². The summed E-state index contributed by atoms with van der Waals surface area (Å²) in [5, 5.41) is 9.41. The summed E-state index contributed by atoms with van der Waals surface area (Å²) >= 11 is 5.96. The van der Waals surface area contributed by atoms with E-state index < -0.39 is 18.0 Å². The quantitative estimate of drug-likeness (QED) is 0.669. The van der Waals surface area contributed by atoms with E-state index in [2.05, 4.69) is 15.0 Å². The van der Waals surface area contributed by atoms with Gasteiger partial charge in [-0.1, -0.05) is 23.8 Å². The van der Waals surface area contributed by atoms with Crippen molar-refractivity contribution in [3.63, 3.8) is 0 Å². The zero-order chi connectivity index (χ0) is 15.9. The lowest BCUT2D eigenvalue weighted by Crippen LogP contribution is -2.41. The third-order valence-electron chi connectivity index (χ3n) is 3.59. The van der Waals surface area contributed by atoms with E-state index in [9.17, 15) is 9.59 Å². The molecular formula is C13H12ClN5O3. The number of aromatic nitrogens is 4. The molecule has 114 valence electrons. The molecule has 2 aromatic heterocycles. The van der Waals surface area contributed by atoms with E-state index in [1.165, 1.54) is 13.3 Å². The zero-order valence-corrected chi connectivity index (χ0v) is 12.3. The SMILES string of the molecule is CC(=O)N(C(=O)O)[C@@H]1C=C[C@H](n2cnc3c(Cl)ncnc32)C1. The monoisotopic (exact) mass is 321 g/mol. The summed E-state index contributed by atoms with van der Waals surface area (Å²) in [7, 11) is 0. The summed E-state index contributed by atoms with van der Waals surface area (Å²) in [6.07, 6.45) is 5.64. The van der Waals surface area contributed by atoms with Gasteiger partial charge in [-0.25, -0.2) is 24.6 Å². The minimum absolute atomic E-state index is 0.151. The molecule has 1 aliphatic rings. The van der Waals surface area contributed by atoms with E-state index in [-0.39, 0.29) is 11.2 Å². The maximum Gasteiger partial charge on any atom is 0.414 e. The van der Waals surface area contributed by atoms with Crippen LogP contribution < -0.4 is 0 Å². The number of halogens is 1. The highest BCUT2D eigenvalue weighted by atomic mass is 35.5. The Bertz CT molecular complexity index is 773. The topological polar surface area (TPSA) is 101 Å². The molecule has 2 amide bonds. The Labute approximate surface area is 130 Å². The Morgan fingerprint density at radius 3 is 2.82 bits per heavy atom. The fraction of sp³-hybridized carbons (Fsp3) is 0.308. The number of imide groups is 1. The zero-order valence-electron chi connectivity index (χ0n) is 11.5. The van der Waals surface area contributed by atoms with E-state index in [4.69, 9.17) is 16.7 Å². The molecule has 0 fully saturated rings. The number of carboxylic acid groups (broad SMARTS) is 1. The fourth-order valence-electron chi connectivity index (χ4n) is 2.63. The van der Waals surface area contributed by atoms with E-state index in [1.807, 2.05) is 6.08 Å². The molecule has 1 N–H and O–H groups in total. The summed E-state index contributed by atoms with van der Waals surface area (Å²) in [6.45, 7) is 1.23. The van der Waals surface area contributed by atoms with E-state index in [0.717, 1.165) is 4.90 Å². The smallest absolute Gasteiger partial charge is 0.414 e. The van der Waals surface area contributed by atoms with E-state index in [0.29, 0.717) is 17.6 Å². The van der Waals surface area contributed by atoms with Crippen molar-refractivity contribution in [3.05, 3.63) is 30.0 Å². The van der Waals surface area contributed by atoms with Crippen LogP contribution in [0.25, 0.3) is 11.2 Å². The first-order valence-corrected chi connectivity index (χ1v) is 6.91. The van der Waals surface area contributed by atoms with Gasteiger partial charge in [0.1, 0.15) is 11.8 Å². The summed E-state index contributed by atoms with van der Waals surface area (Å²) in [4.78, 5) is 35.7. The maximum atomic E-state index is 11.5. The molecule has 22 heavy (non-hydrogen) atoms. The highest BCUT2D eigenvalue weighted by molar-refractivity contribution is 6.33. The number of amides is 2. The van der Waals surface area contributed by atoms with Crippen molar-refractivity contribution >= 4 is 34.8 Å². The fourth-order valence-corrected chi connectivity index (χ4v) is 2.81. The van der Waals surface area contributed by atoms with Gasteiger partial charge >= 0.3 is 6.09 Å². The minimum Gasteiger partial charge on any atom is -0.465 e. The lowest BCUT2D eigenvalue weighted by Gasteiger charge is -2.22. The second-order valence-corrected chi connectivity index (χ2v) is 5.27. The van der Waals surface area contributed by atoms with Crippen molar-refractivity contribution in [2.75, 3.05) is 0 Å². The molecule has 8 nitrogen and oxygen atoms in total. The molecule has 2 atom stereocenters. The Morgan fingerprint density at radius 1 is 1.36 bits per heavy atom. The third-order valence-corrected chi connectivity index (χ3v) is 3.86. The lowest BCUT2D eigenvalue weighted by atomic mass is 10.2. The molecule has 2 heterocycles. The molecule has 0 aliphatic heterocycles. The Hall–Kier alpha value is -2.48. The minimum atomic E-state index is -1.26. The van der Waals surface area contributed by atoms with Crippen LogP contribution in [0.3, 0.4) is 0 Å². The predicted octanol–water partition coefficient (Wildman–Crippen LogP) is 1.88.